The Morgan fingerprint density at radius 3 is 2.46 bits per heavy atom. The van der Waals surface area contributed by atoms with Crippen molar-refractivity contribution in [3.05, 3.63) is 78.0 Å². The Morgan fingerprint density at radius 2 is 1.66 bits per heavy atom. The van der Waals surface area contributed by atoms with Crippen molar-refractivity contribution in [2.24, 2.45) is 5.92 Å². The first kappa shape index (κ1) is 28.5. The molecule has 3 aromatic rings. The molecule has 1 aromatic heterocycles. The van der Waals surface area contributed by atoms with Gasteiger partial charge < -0.3 is 24.2 Å². The van der Waals surface area contributed by atoms with Gasteiger partial charge in [-0.05, 0) is 53.8 Å². The van der Waals surface area contributed by atoms with E-state index >= 15 is 0 Å². The Labute approximate surface area is 242 Å². The predicted molar refractivity (Wildman–Crippen MR) is 160 cm³/mol. The van der Waals surface area contributed by atoms with Gasteiger partial charge in [-0.1, -0.05) is 44.2 Å². The van der Waals surface area contributed by atoms with Crippen molar-refractivity contribution in [1.82, 2.24) is 9.88 Å². The fourth-order valence-corrected chi connectivity index (χ4v) is 5.39. The quantitative estimate of drug-likeness (QED) is 0.435. The third-order valence-electron chi connectivity index (χ3n) is 7.47. The summed E-state index contributed by atoms with van der Waals surface area (Å²) in [6, 6.07) is 19.6. The first-order valence-electron chi connectivity index (χ1n) is 14.7. The number of ether oxygens (including phenoxy) is 2. The first-order valence-corrected chi connectivity index (χ1v) is 14.7. The molecular weight excluding hydrogens is 516 g/mol. The number of nitrogens with zero attached hydrogens (tertiary/aromatic N) is 4. The van der Waals surface area contributed by atoms with E-state index in [0.29, 0.717) is 51.6 Å². The number of carbonyl (C=O) groups excluding carboxylic acids is 2. The van der Waals surface area contributed by atoms with Gasteiger partial charge in [-0.25, -0.2) is 4.98 Å². The highest BCUT2D eigenvalue weighted by atomic mass is 16.5. The normalized spacial score (nSPS) is 16.0. The molecule has 5 rings (SSSR count). The number of fused-ring (bicyclic) bond motifs is 2. The van der Waals surface area contributed by atoms with Crippen LogP contribution in [0, 0.1) is 5.92 Å². The van der Waals surface area contributed by atoms with Crippen molar-refractivity contribution in [2.45, 2.75) is 46.1 Å². The third-order valence-corrected chi connectivity index (χ3v) is 7.47. The summed E-state index contributed by atoms with van der Waals surface area (Å²) in [5.41, 5.74) is 2.75. The Hall–Kier alpha value is -4.07. The maximum absolute atomic E-state index is 13.9. The first-order chi connectivity index (χ1) is 20.0. The molecular formula is C33H40N4O4. The highest BCUT2D eigenvalue weighted by Gasteiger charge is 2.25. The Morgan fingerprint density at radius 1 is 0.854 bits per heavy atom. The second-order valence-corrected chi connectivity index (χ2v) is 11.1. The van der Waals surface area contributed by atoms with E-state index in [9.17, 15) is 9.59 Å². The Kier molecular flexibility index (Phi) is 9.39. The molecule has 0 saturated heterocycles. The molecule has 0 aliphatic carbocycles. The number of hydrogen-bond donors (Lipinski definition) is 0. The molecule has 2 aliphatic heterocycles. The molecule has 0 spiro atoms. The number of aromatic nitrogens is 1. The minimum atomic E-state index is 0.0227. The lowest BCUT2D eigenvalue weighted by Gasteiger charge is -2.29. The van der Waals surface area contributed by atoms with E-state index in [0.717, 1.165) is 47.8 Å². The van der Waals surface area contributed by atoms with Gasteiger partial charge in [0.25, 0.3) is 0 Å². The number of carbonyl (C=O) groups is 2. The van der Waals surface area contributed by atoms with Crippen LogP contribution in [0.15, 0.2) is 66.9 Å². The number of para-hydroxylation sites is 1. The fourth-order valence-electron chi connectivity index (χ4n) is 5.39. The highest BCUT2D eigenvalue weighted by molar-refractivity contribution is 5.94. The summed E-state index contributed by atoms with van der Waals surface area (Å²) in [4.78, 5) is 38.0. The molecule has 0 N–H and O–H groups in total. The summed E-state index contributed by atoms with van der Waals surface area (Å²) < 4.78 is 11.6. The molecule has 0 atom stereocenters. The van der Waals surface area contributed by atoms with E-state index in [2.05, 4.69) is 23.7 Å². The van der Waals surface area contributed by atoms with Gasteiger partial charge in [-0.3, -0.25) is 9.59 Å². The van der Waals surface area contributed by atoms with Crippen molar-refractivity contribution < 1.29 is 19.1 Å². The van der Waals surface area contributed by atoms with Crippen LogP contribution in [0.1, 0.15) is 44.2 Å². The largest absolute Gasteiger partial charge is 0.490 e. The van der Waals surface area contributed by atoms with Crippen molar-refractivity contribution in [3.63, 3.8) is 0 Å². The average molecular weight is 557 g/mol. The summed E-state index contributed by atoms with van der Waals surface area (Å²) in [6.07, 6.45) is 4.14. The van der Waals surface area contributed by atoms with E-state index in [-0.39, 0.29) is 24.2 Å². The molecule has 2 amide bonds. The van der Waals surface area contributed by atoms with E-state index < -0.39 is 0 Å². The zero-order valence-corrected chi connectivity index (χ0v) is 24.1. The van der Waals surface area contributed by atoms with Crippen molar-refractivity contribution in [3.8, 4) is 11.5 Å². The van der Waals surface area contributed by atoms with Crippen LogP contribution in [0.4, 0.5) is 11.5 Å². The van der Waals surface area contributed by atoms with Crippen LogP contribution in [0.25, 0.3) is 0 Å². The SMILES string of the molecule is CC(C)CC(=O)N1CCCN(c2ccccn2)CCN(C(=O)Cc2ccc3c(c2)OCCCO3)Cc2ccccc21. The number of benzene rings is 2. The van der Waals surface area contributed by atoms with Gasteiger partial charge in [-0.15, -0.1) is 0 Å². The Balaban J connectivity index is 1.44. The van der Waals surface area contributed by atoms with Gasteiger partial charge >= 0.3 is 0 Å². The molecule has 0 bridgehead atoms. The maximum atomic E-state index is 13.9. The van der Waals surface area contributed by atoms with E-state index in [1.807, 2.05) is 70.5 Å². The van der Waals surface area contributed by atoms with Crippen LogP contribution in [0.2, 0.25) is 0 Å². The highest BCUT2D eigenvalue weighted by Crippen LogP contribution is 2.31. The molecule has 0 fully saturated rings. The smallest absolute Gasteiger partial charge is 0.227 e. The number of rotatable bonds is 5. The van der Waals surface area contributed by atoms with Crippen LogP contribution in [0.5, 0.6) is 11.5 Å². The predicted octanol–water partition coefficient (Wildman–Crippen LogP) is 5.10. The average Bonchev–Trinajstić information content (AvgIpc) is 3.23. The van der Waals surface area contributed by atoms with E-state index in [1.165, 1.54) is 0 Å². The monoisotopic (exact) mass is 556 g/mol. The molecule has 8 nitrogen and oxygen atoms in total. The third kappa shape index (κ3) is 7.37. The molecule has 41 heavy (non-hydrogen) atoms. The van der Waals surface area contributed by atoms with Crippen LogP contribution in [-0.2, 0) is 22.6 Å². The molecule has 0 unspecified atom stereocenters. The van der Waals surface area contributed by atoms with Crippen LogP contribution in [-0.4, -0.2) is 61.1 Å². The van der Waals surface area contributed by atoms with Gasteiger partial charge in [0.05, 0.1) is 19.6 Å². The number of hydrogen-bond acceptors (Lipinski definition) is 6. The molecule has 0 saturated carbocycles. The molecule has 216 valence electrons. The van der Waals surface area contributed by atoms with Crippen molar-refractivity contribution in [2.75, 3.05) is 49.2 Å². The molecule has 0 radical (unpaired) electrons. The zero-order valence-electron chi connectivity index (χ0n) is 24.1. The minimum Gasteiger partial charge on any atom is -0.490 e. The van der Waals surface area contributed by atoms with Crippen LogP contribution >= 0.6 is 0 Å². The number of pyridine rings is 1. The lowest BCUT2D eigenvalue weighted by molar-refractivity contribution is -0.131. The Bertz CT molecular complexity index is 1330. The molecule has 3 heterocycles. The van der Waals surface area contributed by atoms with Gasteiger partial charge in [0.1, 0.15) is 5.82 Å². The lowest BCUT2D eigenvalue weighted by Crippen LogP contribution is -2.39. The van der Waals surface area contributed by atoms with Gasteiger partial charge in [0, 0.05) is 57.4 Å². The van der Waals surface area contributed by atoms with Gasteiger partial charge in [0.15, 0.2) is 11.5 Å². The van der Waals surface area contributed by atoms with Gasteiger partial charge in [-0.2, -0.15) is 0 Å². The van der Waals surface area contributed by atoms with Gasteiger partial charge in [0.2, 0.25) is 11.8 Å². The maximum Gasteiger partial charge on any atom is 0.227 e. The summed E-state index contributed by atoms with van der Waals surface area (Å²) in [5.74, 6) is 2.68. The number of anilines is 2. The van der Waals surface area contributed by atoms with Crippen molar-refractivity contribution >= 4 is 23.3 Å². The standard InChI is InChI=1S/C33H40N4O4/c1-25(2)21-33(39)37-16-7-15-35(31-11-5-6-14-34-31)17-18-36(24-27-9-3-4-10-28(27)37)32(38)23-26-12-13-29-30(22-26)41-20-8-19-40-29/h3-6,9-14,22,25H,7-8,15-21,23-24H2,1-2H3. The summed E-state index contributed by atoms with van der Waals surface area (Å²) in [5, 5.41) is 0. The topological polar surface area (TPSA) is 75.2 Å². The number of amides is 2. The van der Waals surface area contributed by atoms with Crippen LogP contribution < -0.4 is 19.3 Å². The van der Waals surface area contributed by atoms with Crippen molar-refractivity contribution in [1.29, 1.82) is 0 Å². The summed E-state index contributed by atoms with van der Waals surface area (Å²) in [6.45, 7) is 8.30. The summed E-state index contributed by atoms with van der Waals surface area (Å²) >= 11 is 0. The zero-order chi connectivity index (χ0) is 28.6. The molecule has 8 heteroatoms. The lowest BCUT2D eigenvalue weighted by atomic mass is 10.1. The summed E-state index contributed by atoms with van der Waals surface area (Å²) in [7, 11) is 0. The molecule has 2 aliphatic rings. The molecule has 2 aromatic carbocycles. The fraction of sp³-hybridized carbons (Fsp3) is 0.424. The van der Waals surface area contributed by atoms with E-state index in [1.54, 1.807) is 6.20 Å². The second kappa shape index (κ2) is 13.5. The van der Waals surface area contributed by atoms with E-state index in [4.69, 9.17) is 9.47 Å². The minimum absolute atomic E-state index is 0.0227. The second-order valence-electron chi connectivity index (χ2n) is 11.1. The van der Waals surface area contributed by atoms with Crippen LogP contribution in [0.3, 0.4) is 0 Å².